The van der Waals surface area contributed by atoms with Crippen molar-refractivity contribution in [3.8, 4) is 11.5 Å². The van der Waals surface area contributed by atoms with Gasteiger partial charge in [0.25, 0.3) is 0 Å². The fraction of sp³-hybridized carbons (Fsp3) is 0.438. The first-order valence-corrected chi connectivity index (χ1v) is 7.74. The number of aromatic nitrogens is 3. The molecule has 1 fully saturated rings. The van der Waals surface area contributed by atoms with Crippen LogP contribution in [0.3, 0.4) is 0 Å². The SMILES string of the molecule is COc1ccc(OC)c(Nc2cnnc(N3CCCCC3)n2)c1. The third kappa shape index (κ3) is 3.61. The maximum absolute atomic E-state index is 5.37. The zero-order valence-electron chi connectivity index (χ0n) is 13.5. The molecule has 2 heterocycles. The van der Waals surface area contributed by atoms with Crippen molar-refractivity contribution >= 4 is 17.5 Å². The largest absolute Gasteiger partial charge is 0.497 e. The average Bonchev–Trinajstić information content (AvgIpc) is 2.62. The fourth-order valence-corrected chi connectivity index (χ4v) is 2.63. The standard InChI is InChI=1S/C16H21N5O2/c1-22-12-6-7-14(23-2)13(10-12)18-15-11-17-20-16(19-15)21-8-4-3-5-9-21/h6-7,10-11H,3-5,8-9H2,1-2H3,(H,18,19,20). The van der Waals surface area contributed by atoms with Gasteiger partial charge in [0, 0.05) is 19.2 Å². The van der Waals surface area contributed by atoms with Gasteiger partial charge in [0.05, 0.1) is 26.1 Å². The van der Waals surface area contributed by atoms with E-state index in [1.165, 1.54) is 19.3 Å². The molecular weight excluding hydrogens is 294 g/mol. The van der Waals surface area contributed by atoms with Gasteiger partial charge in [-0.25, -0.2) is 0 Å². The van der Waals surface area contributed by atoms with Crippen LogP contribution in [0.4, 0.5) is 17.5 Å². The van der Waals surface area contributed by atoms with Gasteiger partial charge in [-0.05, 0) is 31.4 Å². The van der Waals surface area contributed by atoms with Gasteiger partial charge in [0.15, 0.2) is 5.82 Å². The third-order valence-corrected chi connectivity index (χ3v) is 3.86. The number of anilines is 3. The predicted molar refractivity (Wildman–Crippen MR) is 88.7 cm³/mol. The number of nitrogens with one attached hydrogen (secondary N) is 1. The highest BCUT2D eigenvalue weighted by atomic mass is 16.5. The Morgan fingerprint density at radius 2 is 1.91 bits per heavy atom. The summed E-state index contributed by atoms with van der Waals surface area (Å²) in [6.45, 7) is 1.96. The molecule has 1 aliphatic heterocycles. The highest BCUT2D eigenvalue weighted by molar-refractivity contribution is 5.66. The van der Waals surface area contributed by atoms with E-state index in [-0.39, 0.29) is 0 Å². The Morgan fingerprint density at radius 1 is 1.09 bits per heavy atom. The van der Waals surface area contributed by atoms with Gasteiger partial charge in [0.2, 0.25) is 5.95 Å². The van der Waals surface area contributed by atoms with E-state index in [9.17, 15) is 0 Å². The van der Waals surface area contributed by atoms with Gasteiger partial charge in [-0.15, -0.1) is 5.10 Å². The van der Waals surface area contributed by atoms with Crippen molar-refractivity contribution in [2.24, 2.45) is 0 Å². The average molecular weight is 315 g/mol. The lowest BCUT2D eigenvalue weighted by Crippen LogP contribution is -2.31. The Bertz CT molecular complexity index is 659. The number of hydrogen-bond donors (Lipinski definition) is 1. The van der Waals surface area contributed by atoms with Gasteiger partial charge >= 0.3 is 0 Å². The summed E-state index contributed by atoms with van der Waals surface area (Å²) >= 11 is 0. The molecule has 1 aromatic carbocycles. The molecule has 0 amide bonds. The Labute approximate surface area is 135 Å². The van der Waals surface area contributed by atoms with Gasteiger partial charge in [-0.1, -0.05) is 0 Å². The molecule has 0 unspecified atom stereocenters. The molecule has 7 nitrogen and oxygen atoms in total. The van der Waals surface area contributed by atoms with Gasteiger partial charge in [0.1, 0.15) is 11.5 Å². The normalized spacial score (nSPS) is 14.4. The molecule has 122 valence electrons. The number of piperidine rings is 1. The van der Waals surface area contributed by atoms with Crippen molar-refractivity contribution in [1.29, 1.82) is 0 Å². The smallest absolute Gasteiger partial charge is 0.247 e. The van der Waals surface area contributed by atoms with E-state index < -0.39 is 0 Å². The van der Waals surface area contributed by atoms with Crippen LogP contribution >= 0.6 is 0 Å². The summed E-state index contributed by atoms with van der Waals surface area (Å²) < 4.78 is 10.6. The van der Waals surface area contributed by atoms with E-state index in [0.717, 1.165) is 24.5 Å². The number of benzene rings is 1. The number of methoxy groups -OCH3 is 2. The molecule has 23 heavy (non-hydrogen) atoms. The summed E-state index contributed by atoms with van der Waals surface area (Å²) in [5.74, 6) is 2.75. The zero-order chi connectivity index (χ0) is 16.1. The first kappa shape index (κ1) is 15.3. The highest BCUT2D eigenvalue weighted by Gasteiger charge is 2.15. The maximum Gasteiger partial charge on any atom is 0.247 e. The lowest BCUT2D eigenvalue weighted by atomic mass is 10.1. The molecule has 0 spiro atoms. The van der Waals surface area contributed by atoms with Crippen LogP contribution in [0.2, 0.25) is 0 Å². The van der Waals surface area contributed by atoms with Gasteiger partial charge in [-0.3, -0.25) is 0 Å². The quantitative estimate of drug-likeness (QED) is 0.909. The monoisotopic (exact) mass is 315 g/mol. The Balaban J connectivity index is 1.82. The minimum atomic E-state index is 0.632. The minimum Gasteiger partial charge on any atom is -0.497 e. The maximum atomic E-state index is 5.37. The van der Waals surface area contributed by atoms with Crippen molar-refractivity contribution in [1.82, 2.24) is 15.2 Å². The molecule has 0 bridgehead atoms. The molecule has 1 saturated heterocycles. The Hall–Kier alpha value is -2.57. The van der Waals surface area contributed by atoms with Crippen LogP contribution < -0.4 is 19.7 Å². The van der Waals surface area contributed by atoms with Crippen molar-refractivity contribution in [2.75, 3.05) is 37.5 Å². The van der Waals surface area contributed by atoms with Gasteiger partial charge in [-0.2, -0.15) is 10.1 Å². The lowest BCUT2D eigenvalue weighted by Gasteiger charge is -2.26. The molecule has 7 heteroatoms. The van der Waals surface area contributed by atoms with E-state index in [1.807, 2.05) is 18.2 Å². The molecule has 3 rings (SSSR count). The van der Waals surface area contributed by atoms with Crippen LogP contribution in [0.5, 0.6) is 11.5 Å². The van der Waals surface area contributed by atoms with E-state index in [0.29, 0.717) is 17.5 Å². The number of rotatable bonds is 5. The summed E-state index contributed by atoms with van der Waals surface area (Å²) in [6, 6.07) is 5.56. The fourth-order valence-electron chi connectivity index (χ4n) is 2.63. The zero-order valence-corrected chi connectivity index (χ0v) is 13.5. The Kier molecular flexibility index (Phi) is 4.75. The molecule has 1 aliphatic rings. The van der Waals surface area contributed by atoms with Crippen LogP contribution in [0.15, 0.2) is 24.4 Å². The summed E-state index contributed by atoms with van der Waals surface area (Å²) in [5.41, 5.74) is 0.775. The van der Waals surface area contributed by atoms with Crippen molar-refractivity contribution in [3.63, 3.8) is 0 Å². The van der Waals surface area contributed by atoms with Crippen molar-refractivity contribution in [3.05, 3.63) is 24.4 Å². The van der Waals surface area contributed by atoms with E-state index >= 15 is 0 Å². The number of hydrogen-bond acceptors (Lipinski definition) is 7. The van der Waals surface area contributed by atoms with Crippen molar-refractivity contribution < 1.29 is 9.47 Å². The lowest BCUT2D eigenvalue weighted by molar-refractivity contribution is 0.405. The first-order chi connectivity index (χ1) is 11.3. The van der Waals surface area contributed by atoms with E-state index in [4.69, 9.17) is 9.47 Å². The summed E-state index contributed by atoms with van der Waals surface area (Å²) in [6.07, 6.45) is 5.21. The summed E-state index contributed by atoms with van der Waals surface area (Å²) in [7, 11) is 3.26. The molecule has 2 aromatic rings. The molecule has 0 aliphatic carbocycles. The van der Waals surface area contributed by atoms with Crippen LogP contribution in [0, 0.1) is 0 Å². The molecule has 1 aromatic heterocycles. The highest BCUT2D eigenvalue weighted by Crippen LogP contribution is 2.31. The van der Waals surface area contributed by atoms with E-state index in [1.54, 1.807) is 20.4 Å². The summed E-state index contributed by atoms with van der Waals surface area (Å²) in [4.78, 5) is 6.74. The van der Waals surface area contributed by atoms with Crippen LogP contribution in [-0.4, -0.2) is 42.5 Å². The number of ether oxygens (including phenoxy) is 2. The predicted octanol–water partition coefficient (Wildman–Crippen LogP) is 2.62. The van der Waals surface area contributed by atoms with E-state index in [2.05, 4.69) is 25.4 Å². The van der Waals surface area contributed by atoms with Crippen LogP contribution in [0.1, 0.15) is 19.3 Å². The first-order valence-electron chi connectivity index (χ1n) is 7.74. The summed E-state index contributed by atoms with van der Waals surface area (Å²) in [5, 5.41) is 11.4. The second-order valence-corrected chi connectivity index (χ2v) is 5.38. The molecule has 1 N–H and O–H groups in total. The second kappa shape index (κ2) is 7.13. The Morgan fingerprint density at radius 3 is 2.65 bits per heavy atom. The third-order valence-electron chi connectivity index (χ3n) is 3.86. The number of nitrogens with zero attached hydrogens (tertiary/aromatic N) is 4. The topological polar surface area (TPSA) is 72.4 Å². The van der Waals surface area contributed by atoms with Crippen molar-refractivity contribution in [2.45, 2.75) is 19.3 Å². The minimum absolute atomic E-state index is 0.632. The van der Waals surface area contributed by atoms with Gasteiger partial charge < -0.3 is 19.7 Å². The molecule has 0 saturated carbocycles. The van der Waals surface area contributed by atoms with Crippen LogP contribution in [0.25, 0.3) is 0 Å². The van der Waals surface area contributed by atoms with Crippen LogP contribution in [-0.2, 0) is 0 Å². The second-order valence-electron chi connectivity index (χ2n) is 5.38. The molecular formula is C16H21N5O2. The molecule has 0 radical (unpaired) electrons. The molecule has 0 atom stereocenters.